The number of nitrogens with one attached hydrogen (secondary N) is 1. The summed E-state index contributed by atoms with van der Waals surface area (Å²) >= 11 is 0. The quantitative estimate of drug-likeness (QED) is 0.101. The number of ether oxygens (including phenoxy) is 1. The number of fused-ring (bicyclic) bond motifs is 3. The predicted molar refractivity (Wildman–Crippen MR) is 237 cm³/mol. The second-order valence-corrected chi connectivity index (χ2v) is 15.9. The van der Waals surface area contributed by atoms with Crippen LogP contribution in [0.15, 0.2) is 96.1 Å². The van der Waals surface area contributed by atoms with Gasteiger partial charge in [-0.05, 0) is 74.1 Å². The molecule has 3 saturated heterocycles. The number of aromatic nitrogens is 6. The molecule has 3 N–H and O–H groups in total. The molecule has 6 heterocycles. The van der Waals surface area contributed by atoms with E-state index in [1.807, 2.05) is 91.3 Å². The van der Waals surface area contributed by atoms with E-state index >= 15 is 0 Å². The molecular weight excluding hydrogens is 781 g/mol. The van der Waals surface area contributed by atoms with Crippen LogP contribution in [0.2, 0.25) is 0 Å². The van der Waals surface area contributed by atoms with E-state index in [0.29, 0.717) is 42.0 Å². The number of anilines is 3. The van der Waals surface area contributed by atoms with Crippen molar-refractivity contribution < 1.29 is 14.3 Å². The normalized spacial score (nSPS) is 18.2. The lowest BCUT2D eigenvalue weighted by atomic mass is 10.1. The summed E-state index contributed by atoms with van der Waals surface area (Å²) in [5, 5.41) is 11.2. The fraction of sp³-hybridized carbons (Fsp3) is 0.312. The van der Waals surface area contributed by atoms with E-state index in [1.54, 1.807) is 7.05 Å². The molecule has 0 radical (unpaired) electrons. The fourth-order valence-corrected chi connectivity index (χ4v) is 8.69. The first-order valence-electron chi connectivity index (χ1n) is 21.1. The number of piperazine rings is 1. The summed E-state index contributed by atoms with van der Waals surface area (Å²) in [6.45, 7) is 1.99. The first-order valence-corrected chi connectivity index (χ1v) is 21.1. The number of nitrogen functional groups attached to an aromatic ring is 1. The van der Waals surface area contributed by atoms with Crippen LogP contribution in [0.3, 0.4) is 0 Å². The molecular formula is C48H46N10O4. The summed E-state index contributed by atoms with van der Waals surface area (Å²) in [6, 6.07) is 25.3. The van der Waals surface area contributed by atoms with Gasteiger partial charge in [-0.25, -0.2) is 14.8 Å². The largest absolute Gasteiger partial charge is 0.488 e. The molecule has 9 rings (SSSR count). The predicted octanol–water partition coefficient (Wildman–Crippen LogP) is 5.55. The number of imidazole rings is 1. The number of carbonyl (C=O) groups is 2. The maximum absolute atomic E-state index is 13.0. The fourth-order valence-electron chi connectivity index (χ4n) is 8.69. The van der Waals surface area contributed by atoms with Gasteiger partial charge in [0.05, 0.1) is 28.0 Å². The zero-order chi connectivity index (χ0) is 42.6. The first-order chi connectivity index (χ1) is 30.3. The minimum Gasteiger partial charge on any atom is -0.488 e. The number of nitrogens with two attached hydrogens (primary N) is 1. The van der Waals surface area contributed by atoms with Crippen molar-refractivity contribution >= 4 is 40.3 Å². The number of nitrogens with zero attached hydrogens (tertiary/aromatic N) is 8. The third-order valence-electron chi connectivity index (χ3n) is 11.8. The molecule has 3 aliphatic heterocycles. The van der Waals surface area contributed by atoms with Crippen LogP contribution in [0, 0.1) is 23.7 Å². The monoisotopic (exact) mass is 826 g/mol. The van der Waals surface area contributed by atoms with Crippen molar-refractivity contribution in [2.24, 2.45) is 7.05 Å². The third-order valence-corrected chi connectivity index (χ3v) is 11.8. The summed E-state index contributed by atoms with van der Waals surface area (Å²) in [6.07, 6.45) is 9.45. The Hall–Kier alpha value is -7.45. The number of imide groups is 1. The number of benzene rings is 3. The van der Waals surface area contributed by atoms with E-state index in [1.165, 1.54) is 9.13 Å². The van der Waals surface area contributed by atoms with Gasteiger partial charge in [0.2, 0.25) is 17.8 Å². The molecule has 2 bridgehead atoms. The number of amides is 2. The van der Waals surface area contributed by atoms with E-state index in [2.05, 4.69) is 49.0 Å². The molecule has 2 amide bonds. The molecule has 62 heavy (non-hydrogen) atoms. The number of unbranched alkanes of at least 4 members (excludes halogenated alkanes) is 3. The van der Waals surface area contributed by atoms with Gasteiger partial charge in [0.15, 0.2) is 5.82 Å². The van der Waals surface area contributed by atoms with Gasteiger partial charge in [0, 0.05) is 75.0 Å². The van der Waals surface area contributed by atoms with E-state index < -0.39 is 11.9 Å². The Balaban J connectivity index is 0.768. The summed E-state index contributed by atoms with van der Waals surface area (Å²) in [5.74, 6) is 14.0. The molecule has 0 aliphatic carbocycles. The van der Waals surface area contributed by atoms with Crippen molar-refractivity contribution in [3.8, 4) is 40.7 Å². The van der Waals surface area contributed by atoms with Gasteiger partial charge < -0.3 is 20.3 Å². The van der Waals surface area contributed by atoms with Crippen LogP contribution in [0.25, 0.3) is 22.3 Å². The van der Waals surface area contributed by atoms with E-state index in [0.717, 1.165) is 84.8 Å². The third kappa shape index (κ3) is 8.32. The highest BCUT2D eigenvalue weighted by Crippen LogP contribution is 2.38. The van der Waals surface area contributed by atoms with Gasteiger partial charge in [0.25, 0.3) is 0 Å². The van der Waals surface area contributed by atoms with Crippen LogP contribution in [-0.2, 0) is 23.2 Å². The van der Waals surface area contributed by atoms with Crippen molar-refractivity contribution in [2.45, 2.75) is 76.1 Å². The lowest BCUT2D eigenvalue weighted by molar-refractivity contribution is -0.135. The van der Waals surface area contributed by atoms with Crippen LogP contribution in [-0.4, -0.2) is 66.3 Å². The number of rotatable bonds is 10. The zero-order valence-corrected chi connectivity index (χ0v) is 34.5. The number of hydrogen-bond donors (Lipinski definition) is 2. The number of piperidine rings is 1. The van der Waals surface area contributed by atoms with Crippen LogP contribution in [0.4, 0.5) is 17.5 Å². The highest BCUT2D eigenvalue weighted by Gasteiger charge is 2.42. The number of hydrogen-bond acceptors (Lipinski definition) is 11. The number of para-hydroxylation sites is 1. The van der Waals surface area contributed by atoms with Crippen molar-refractivity contribution in [3.63, 3.8) is 0 Å². The van der Waals surface area contributed by atoms with E-state index in [9.17, 15) is 14.4 Å². The first kappa shape index (κ1) is 40.0. The van der Waals surface area contributed by atoms with Gasteiger partial charge in [0.1, 0.15) is 18.4 Å². The molecule has 14 heteroatoms. The van der Waals surface area contributed by atoms with Crippen LogP contribution < -0.4 is 31.3 Å². The maximum Gasteiger partial charge on any atom is 0.329 e. The smallest absolute Gasteiger partial charge is 0.329 e. The molecule has 3 aliphatic rings. The van der Waals surface area contributed by atoms with E-state index in [-0.39, 0.29) is 30.1 Å². The van der Waals surface area contributed by atoms with Crippen LogP contribution in [0.1, 0.15) is 74.1 Å². The van der Waals surface area contributed by atoms with Crippen molar-refractivity contribution in [1.82, 2.24) is 34.6 Å². The lowest BCUT2D eigenvalue weighted by Gasteiger charge is -2.42. The Kier molecular flexibility index (Phi) is 11.4. The molecule has 6 aromatic rings. The van der Waals surface area contributed by atoms with Crippen molar-refractivity contribution in [3.05, 3.63) is 118 Å². The van der Waals surface area contributed by atoms with Gasteiger partial charge >= 0.3 is 5.69 Å². The molecule has 3 unspecified atom stereocenters. The van der Waals surface area contributed by atoms with Gasteiger partial charge in [-0.1, -0.05) is 66.1 Å². The molecule has 0 saturated carbocycles. The molecule has 312 valence electrons. The SMILES string of the molecule is Cn1c(=O)n(C2CCC(=O)NC2=O)c2ccc(C#CCCCCC#Cc3cnc(N4C5CCC4CN(c4cc(-c6ccccc6OCc6ccccc6)nnc4N)C5)nc3)cc21. The standard InChI is InChI=1S/C48H46N10O4/c1-55-41-25-32(19-22-39(41)58(48(55)61)40-23-24-44(59)52-46(40)60)13-7-4-2-3-5-8-16-34-27-50-47(51-28-34)57-35-20-21-36(57)30-56(29-35)42-26-38(53-54-45(42)49)37-17-11-12-18-43(37)62-31-33-14-9-6-10-15-33/h6,9-12,14-15,17-19,22,25-28,35-36,40H,2-5,20-21,23-24,29-31H2,1H3,(H2,49,54)(H,52,59,60). The second kappa shape index (κ2) is 17.6. The highest BCUT2D eigenvalue weighted by atomic mass is 16.5. The van der Waals surface area contributed by atoms with Gasteiger partial charge in [-0.15, -0.1) is 10.2 Å². The molecule has 0 spiro atoms. The second-order valence-electron chi connectivity index (χ2n) is 15.9. The minimum absolute atomic E-state index is 0.201. The molecule has 3 atom stereocenters. The average molecular weight is 827 g/mol. The molecule has 14 nitrogen and oxygen atoms in total. The average Bonchev–Trinajstić information content (AvgIpc) is 3.70. The summed E-state index contributed by atoms with van der Waals surface area (Å²) in [5.41, 5.74) is 12.6. The van der Waals surface area contributed by atoms with Crippen LogP contribution >= 0.6 is 0 Å². The number of aryl methyl sites for hydroxylation is 1. The van der Waals surface area contributed by atoms with Crippen molar-refractivity contribution in [2.75, 3.05) is 28.6 Å². The summed E-state index contributed by atoms with van der Waals surface area (Å²) in [4.78, 5) is 51.3. The highest BCUT2D eigenvalue weighted by molar-refractivity contribution is 6.00. The zero-order valence-electron chi connectivity index (χ0n) is 34.5. The summed E-state index contributed by atoms with van der Waals surface area (Å²) in [7, 11) is 1.68. The lowest BCUT2D eigenvalue weighted by Crippen LogP contribution is -2.54. The minimum atomic E-state index is -0.714. The summed E-state index contributed by atoms with van der Waals surface area (Å²) < 4.78 is 9.23. The number of carbonyl (C=O) groups excluding carboxylic acids is 2. The van der Waals surface area contributed by atoms with Gasteiger partial charge in [-0.2, -0.15) is 0 Å². The Morgan fingerprint density at radius 1 is 0.806 bits per heavy atom. The van der Waals surface area contributed by atoms with Crippen molar-refractivity contribution in [1.29, 1.82) is 0 Å². The maximum atomic E-state index is 13.0. The molecule has 3 aromatic heterocycles. The topological polar surface area (TPSA) is 166 Å². The Bertz CT molecular complexity index is 2820. The molecule has 3 fully saturated rings. The Morgan fingerprint density at radius 3 is 2.26 bits per heavy atom. The molecule has 3 aromatic carbocycles. The van der Waals surface area contributed by atoms with Crippen LogP contribution in [0.5, 0.6) is 5.75 Å². The Labute approximate surface area is 359 Å². The Morgan fingerprint density at radius 2 is 1.52 bits per heavy atom. The van der Waals surface area contributed by atoms with Gasteiger partial charge in [-0.3, -0.25) is 24.0 Å². The van der Waals surface area contributed by atoms with E-state index in [4.69, 9.17) is 20.4 Å².